The van der Waals surface area contributed by atoms with E-state index >= 15 is 0 Å². The molecule has 3 aromatic carbocycles. The number of esters is 1. The largest absolute Gasteiger partial charge is 0.478 e. The van der Waals surface area contributed by atoms with Crippen molar-refractivity contribution in [1.82, 2.24) is 4.98 Å². The van der Waals surface area contributed by atoms with E-state index in [9.17, 15) is 24.0 Å². The van der Waals surface area contributed by atoms with Gasteiger partial charge in [-0.05, 0) is 116 Å². The molecule has 0 saturated carbocycles. The molecule has 0 spiro atoms. The first kappa shape index (κ1) is 38.6. The van der Waals surface area contributed by atoms with Crippen molar-refractivity contribution in [1.29, 1.82) is 0 Å². The minimum absolute atomic E-state index is 0.132. The molecule has 0 aliphatic heterocycles. The Kier molecular flexibility index (Phi) is 12.8. The number of rotatable bonds is 15. The number of carboxylic acid groups (broad SMARTS) is 1. The molecule has 0 bridgehead atoms. The van der Waals surface area contributed by atoms with Crippen LogP contribution in [-0.4, -0.2) is 46.9 Å². The molecule has 1 aliphatic carbocycles. The summed E-state index contributed by atoms with van der Waals surface area (Å²) in [7, 11) is 1.32. The third-order valence-corrected chi connectivity index (χ3v) is 10.7. The fraction of sp³-hybridized carbons (Fsp3) is 0.256. The Bertz CT molecular complexity index is 2170. The van der Waals surface area contributed by atoms with Gasteiger partial charge in [0.05, 0.1) is 36.7 Å². The van der Waals surface area contributed by atoms with Crippen molar-refractivity contribution in [3.05, 3.63) is 141 Å². The van der Waals surface area contributed by atoms with Crippen molar-refractivity contribution < 1.29 is 33.8 Å². The van der Waals surface area contributed by atoms with Crippen LogP contribution in [0.3, 0.4) is 0 Å². The zero-order valence-electron chi connectivity index (χ0n) is 30.5. The summed E-state index contributed by atoms with van der Waals surface area (Å²) >= 11 is 1.44. The molecule has 12 heteroatoms. The number of thiophene rings is 1. The highest BCUT2D eigenvalue weighted by molar-refractivity contribution is 7.17. The molecule has 11 nitrogen and oxygen atoms in total. The van der Waals surface area contributed by atoms with Crippen LogP contribution in [-0.2, 0) is 46.6 Å². The second-order valence-electron chi connectivity index (χ2n) is 13.3. The summed E-state index contributed by atoms with van der Waals surface area (Å²) in [6.45, 7) is 0.184. The van der Waals surface area contributed by atoms with Gasteiger partial charge in [0, 0.05) is 35.2 Å². The van der Waals surface area contributed by atoms with Crippen molar-refractivity contribution in [2.75, 3.05) is 22.6 Å². The molecule has 55 heavy (non-hydrogen) atoms. The molecule has 3 amide bonds. The zero-order valence-corrected chi connectivity index (χ0v) is 31.3. The van der Waals surface area contributed by atoms with Crippen LogP contribution in [0.5, 0.6) is 0 Å². The lowest BCUT2D eigenvalue weighted by Gasteiger charge is -2.23. The predicted molar refractivity (Wildman–Crippen MR) is 212 cm³/mol. The van der Waals surface area contributed by atoms with Gasteiger partial charge < -0.3 is 25.4 Å². The van der Waals surface area contributed by atoms with Gasteiger partial charge in [0.2, 0.25) is 5.91 Å². The number of aryl methyl sites for hydroxylation is 3. The number of nitrogens with zero attached hydrogens (tertiary/aromatic N) is 2. The first-order chi connectivity index (χ1) is 26.7. The van der Waals surface area contributed by atoms with Gasteiger partial charge >= 0.3 is 11.9 Å². The van der Waals surface area contributed by atoms with Crippen molar-refractivity contribution in [3.63, 3.8) is 0 Å². The van der Waals surface area contributed by atoms with Gasteiger partial charge in [-0.1, -0.05) is 36.4 Å². The van der Waals surface area contributed by atoms with Crippen LogP contribution in [0.1, 0.15) is 90.3 Å². The van der Waals surface area contributed by atoms with Gasteiger partial charge in [0.25, 0.3) is 11.8 Å². The van der Waals surface area contributed by atoms with E-state index in [4.69, 9.17) is 9.84 Å². The first-order valence-corrected chi connectivity index (χ1v) is 19.0. The van der Waals surface area contributed by atoms with Gasteiger partial charge in [-0.15, -0.1) is 11.3 Å². The predicted octanol–water partition coefficient (Wildman–Crippen LogP) is 7.89. The number of carboxylic acids is 1. The molecular weight excluding hydrogens is 717 g/mol. The summed E-state index contributed by atoms with van der Waals surface area (Å²) in [6.07, 6.45) is 8.90. The number of hydrogen-bond donors (Lipinski definition) is 3. The van der Waals surface area contributed by atoms with Gasteiger partial charge in [0.15, 0.2) is 0 Å². The highest BCUT2D eigenvalue weighted by Crippen LogP contribution is 2.39. The number of fused-ring (bicyclic) bond motifs is 1. The number of aromatic carboxylic acids is 1. The van der Waals surface area contributed by atoms with Crippen LogP contribution >= 0.6 is 11.3 Å². The lowest BCUT2D eigenvalue weighted by molar-refractivity contribution is -0.140. The van der Waals surface area contributed by atoms with Crippen LogP contribution in [0.25, 0.3) is 0 Å². The van der Waals surface area contributed by atoms with Crippen LogP contribution in [0.4, 0.5) is 16.4 Å². The van der Waals surface area contributed by atoms with E-state index < -0.39 is 5.97 Å². The minimum atomic E-state index is -0.950. The fourth-order valence-corrected chi connectivity index (χ4v) is 7.85. The number of nitrogens with one attached hydrogen (secondary N) is 2. The van der Waals surface area contributed by atoms with Crippen molar-refractivity contribution in [2.24, 2.45) is 0 Å². The number of hydrogen-bond acceptors (Lipinski definition) is 8. The molecule has 0 radical (unpaired) electrons. The van der Waals surface area contributed by atoms with Crippen molar-refractivity contribution in [3.8, 4) is 0 Å². The van der Waals surface area contributed by atoms with E-state index in [1.807, 2.05) is 42.5 Å². The summed E-state index contributed by atoms with van der Waals surface area (Å²) in [5.74, 6) is -2.17. The number of carbonyl (C=O) groups excluding carboxylic acids is 4. The lowest BCUT2D eigenvalue weighted by Crippen LogP contribution is -2.30. The molecular formula is C43H42N4O7S. The maximum atomic E-state index is 13.9. The normalized spacial score (nSPS) is 11.9. The third-order valence-electron chi connectivity index (χ3n) is 9.53. The fourth-order valence-electron chi connectivity index (χ4n) is 6.57. The Morgan fingerprint density at radius 1 is 0.800 bits per heavy atom. The number of anilines is 3. The van der Waals surface area contributed by atoms with E-state index in [0.717, 1.165) is 65.7 Å². The maximum Gasteiger partial charge on any atom is 0.335 e. The van der Waals surface area contributed by atoms with Gasteiger partial charge in [0.1, 0.15) is 5.00 Å². The van der Waals surface area contributed by atoms with E-state index in [1.165, 1.54) is 18.4 Å². The van der Waals surface area contributed by atoms with Gasteiger partial charge in [-0.2, -0.15) is 0 Å². The molecule has 3 N–H and O–H groups in total. The monoisotopic (exact) mass is 758 g/mol. The molecule has 0 saturated heterocycles. The number of ether oxygens (including phenoxy) is 1. The van der Waals surface area contributed by atoms with Gasteiger partial charge in [-0.3, -0.25) is 24.2 Å². The molecule has 2 aromatic heterocycles. The molecule has 0 atom stereocenters. The number of pyridine rings is 1. The Hall–Kier alpha value is -6.14. The highest BCUT2D eigenvalue weighted by Gasteiger charge is 2.27. The van der Waals surface area contributed by atoms with Crippen molar-refractivity contribution in [2.45, 2.75) is 64.3 Å². The Morgan fingerprint density at radius 2 is 1.53 bits per heavy atom. The molecule has 0 fully saturated rings. The third kappa shape index (κ3) is 10.1. The van der Waals surface area contributed by atoms with Crippen LogP contribution in [0.15, 0.2) is 97.3 Å². The SMILES string of the molecule is COC(=O)CCCC(=O)N(Cc1cccc(C(=O)Nc2sc3c(c2C(=O)Nc2ccc(CCc4ccc(C(=O)O)cc4)cc2)CCCC3)c1)c1cccnc1. The molecule has 2 heterocycles. The molecule has 6 rings (SSSR count). The van der Waals surface area contributed by atoms with E-state index in [0.29, 0.717) is 33.9 Å². The smallest absolute Gasteiger partial charge is 0.335 e. The standard InChI is InChI=1S/C43H42N4O7S/c1-54-38(49)13-5-12-37(48)47(34-9-6-24-44-26-34)27-30-7-4-8-32(25-30)40(50)46-42-39(35-10-2-3-11-36(35)55-42)41(51)45-33-22-18-29(19-23-33)15-14-28-16-20-31(21-17-28)43(52)53/h4,6-9,16-26H,2-3,5,10-15,27H2,1H3,(H,45,51)(H,46,50)(H,52,53). The number of benzene rings is 3. The van der Waals surface area contributed by atoms with E-state index in [1.54, 1.807) is 59.8 Å². The molecule has 5 aromatic rings. The Morgan fingerprint density at radius 3 is 2.22 bits per heavy atom. The summed E-state index contributed by atoms with van der Waals surface area (Å²) in [5.41, 5.74) is 6.17. The highest BCUT2D eigenvalue weighted by atomic mass is 32.1. The summed E-state index contributed by atoms with van der Waals surface area (Å²) in [6, 6.07) is 25.1. The van der Waals surface area contributed by atoms with Crippen LogP contribution in [0, 0.1) is 0 Å². The molecule has 0 unspecified atom stereocenters. The zero-order chi connectivity index (χ0) is 38.7. The second kappa shape index (κ2) is 18.3. The molecule has 282 valence electrons. The lowest BCUT2D eigenvalue weighted by atomic mass is 9.95. The summed E-state index contributed by atoms with van der Waals surface area (Å²) in [5, 5.41) is 15.7. The Labute approximate surface area is 323 Å². The first-order valence-electron chi connectivity index (χ1n) is 18.2. The van der Waals surface area contributed by atoms with Crippen LogP contribution < -0.4 is 15.5 Å². The maximum absolute atomic E-state index is 13.9. The average molecular weight is 759 g/mol. The number of carbonyl (C=O) groups is 5. The topological polar surface area (TPSA) is 155 Å². The Balaban J connectivity index is 1.14. The van der Waals surface area contributed by atoms with Crippen molar-refractivity contribution >= 4 is 57.4 Å². The number of amides is 3. The molecule has 1 aliphatic rings. The minimum Gasteiger partial charge on any atom is -0.478 e. The summed E-state index contributed by atoms with van der Waals surface area (Å²) < 4.78 is 4.71. The number of aromatic nitrogens is 1. The van der Waals surface area contributed by atoms with Gasteiger partial charge in [-0.25, -0.2) is 4.79 Å². The van der Waals surface area contributed by atoms with E-state index in [2.05, 4.69) is 15.6 Å². The number of methoxy groups -OCH3 is 1. The second-order valence-corrected chi connectivity index (χ2v) is 14.4. The summed E-state index contributed by atoms with van der Waals surface area (Å²) in [4.78, 5) is 70.6. The quantitative estimate of drug-likeness (QED) is 0.0911. The average Bonchev–Trinajstić information content (AvgIpc) is 3.58. The van der Waals surface area contributed by atoms with Crippen LogP contribution in [0.2, 0.25) is 0 Å². The van der Waals surface area contributed by atoms with E-state index in [-0.39, 0.29) is 48.6 Å².